The summed E-state index contributed by atoms with van der Waals surface area (Å²) in [5.74, 6) is 1.22. The van der Waals surface area contributed by atoms with Gasteiger partial charge in [0.2, 0.25) is 0 Å². The first kappa shape index (κ1) is 53.9. The Balaban J connectivity index is 0.976. The van der Waals surface area contributed by atoms with E-state index in [9.17, 15) is 28.8 Å². The number of rotatable bonds is 24. The third-order valence-electron chi connectivity index (χ3n) is 15.2. The number of fused-ring (bicyclic) bond motifs is 1. The Morgan fingerprint density at radius 2 is 0.686 bits per heavy atom. The molecule has 4 aliphatic carbocycles. The molecule has 0 spiro atoms. The molecule has 0 bridgehead atoms. The van der Waals surface area contributed by atoms with Gasteiger partial charge in [-0.15, -0.1) is 0 Å². The van der Waals surface area contributed by atoms with Gasteiger partial charge in [0.25, 0.3) is 0 Å². The third kappa shape index (κ3) is 15.3. The molecule has 2 aromatic carbocycles. The van der Waals surface area contributed by atoms with Gasteiger partial charge in [-0.25, -0.2) is 9.59 Å². The zero-order valence-corrected chi connectivity index (χ0v) is 41.6. The summed E-state index contributed by atoms with van der Waals surface area (Å²) in [4.78, 5) is 75.7. The van der Waals surface area contributed by atoms with E-state index >= 15 is 0 Å². The van der Waals surface area contributed by atoms with Gasteiger partial charge in [0.15, 0.2) is 0 Å². The van der Waals surface area contributed by atoms with Crippen molar-refractivity contribution >= 4 is 46.6 Å². The Morgan fingerprint density at radius 3 is 0.971 bits per heavy atom. The van der Waals surface area contributed by atoms with Gasteiger partial charge in [0.1, 0.15) is 23.0 Å². The lowest BCUT2D eigenvalue weighted by Gasteiger charge is -2.37. The zero-order valence-electron chi connectivity index (χ0n) is 41.6. The van der Waals surface area contributed by atoms with E-state index in [1.165, 1.54) is 0 Å². The molecule has 0 N–H and O–H groups in total. The number of carbonyl (C=O) groups excluding carboxylic acids is 6. The van der Waals surface area contributed by atoms with E-state index in [0.29, 0.717) is 110 Å². The van der Waals surface area contributed by atoms with Gasteiger partial charge in [-0.2, -0.15) is 0 Å². The number of ether oxygens (including phenoxy) is 8. The van der Waals surface area contributed by atoms with E-state index < -0.39 is 11.9 Å². The van der Waals surface area contributed by atoms with Crippen LogP contribution in [0.5, 0.6) is 23.0 Å². The van der Waals surface area contributed by atoms with Crippen molar-refractivity contribution in [2.24, 2.45) is 47.3 Å². The van der Waals surface area contributed by atoms with Gasteiger partial charge < -0.3 is 37.9 Å². The zero-order chi connectivity index (χ0) is 49.8. The number of unbranched alkanes of at least 4 members (excludes halogenated alkanes) is 2. The summed E-state index contributed by atoms with van der Waals surface area (Å²) in [5, 5.41) is 1.05. The predicted octanol–water partition coefficient (Wildman–Crippen LogP) is 10.8. The van der Waals surface area contributed by atoms with Crippen LogP contribution in [-0.2, 0) is 47.7 Å². The van der Waals surface area contributed by atoms with Crippen LogP contribution in [0.2, 0.25) is 0 Å². The molecule has 0 radical (unpaired) electrons. The van der Waals surface area contributed by atoms with Crippen molar-refractivity contribution in [2.45, 2.75) is 142 Å². The van der Waals surface area contributed by atoms with Gasteiger partial charge in [0.05, 0.1) is 74.1 Å². The van der Waals surface area contributed by atoms with Crippen LogP contribution in [0.15, 0.2) is 49.6 Å². The second-order valence-corrected chi connectivity index (χ2v) is 19.5. The van der Waals surface area contributed by atoms with E-state index in [-0.39, 0.29) is 60.8 Å². The molecule has 0 unspecified atom stereocenters. The molecule has 0 saturated heterocycles. The summed E-state index contributed by atoms with van der Waals surface area (Å²) in [6.45, 7) is 12.5. The lowest BCUT2D eigenvalue weighted by atomic mass is 9.69. The Labute approximate surface area is 413 Å². The van der Waals surface area contributed by atoms with E-state index in [2.05, 4.69) is 13.2 Å². The standard InChI is InChI=1S/C56H76O14/c1-5-49(57)65-33-9-11-35-67-53(59)41-21-13-37(14-22-41)39-17-25-43(26-18-39)55(61)69-47-31-32-48(52-46(64-8-4)30-29-45(51(47)52)63-7-3)70-56(62)44-27-19-40(20-28-44)38-15-23-42(24-16-38)54(60)68-36-12-10-34-66-50(58)6-2/h5-6,29-32,37-44H,1-2,7-28,33-36H2,3-4H3. The molecular weight excluding hydrogens is 897 g/mol. The fourth-order valence-corrected chi connectivity index (χ4v) is 11.2. The van der Waals surface area contributed by atoms with Gasteiger partial charge in [-0.05, 0) is 190 Å². The smallest absolute Gasteiger partial charge is 0.330 e. The van der Waals surface area contributed by atoms with Gasteiger partial charge in [0, 0.05) is 12.2 Å². The van der Waals surface area contributed by atoms with E-state index in [0.717, 1.165) is 115 Å². The molecule has 2 aromatic rings. The highest BCUT2D eigenvalue weighted by Gasteiger charge is 2.38. The molecule has 0 aliphatic heterocycles. The number of benzene rings is 2. The van der Waals surface area contributed by atoms with Crippen LogP contribution >= 0.6 is 0 Å². The maximum absolute atomic E-state index is 13.9. The molecule has 0 amide bonds. The molecule has 0 heterocycles. The van der Waals surface area contributed by atoms with Crippen molar-refractivity contribution in [2.75, 3.05) is 39.6 Å². The van der Waals surface area contributed by atoms with Crippen LogP contribution in [0.4, 0.5) is 0 Å². The number of esters is 6. The van der Waals surface area contributed by atoms with Crippen LogP contribution in [0.1, 0.15) is 142 Å². The summed E-state index contributed by atoms with van der Waals surface area (Å²) in [6, 6.07) is 7.00. The van der Waals surface area contributed by atoms with Crippen molar-refractivity contribution in [1.29, 1.82) is 0 Å². The average molecular weight is 973 g/mol. The second kappa shape index (κ2) is 27.8. The monoisotopic (exact) mass is 973 g/mol. The van der Waals surface area contributed by atoms with Crippen LogP contribution in [0.25, 0.3) is 10.8 Å². The molecule has 14 heteroatoms. The predicted molar refractivity (Wildman–Crippen MR) is 262 cm³/mol. The van der Waals surface area contributed by atoms with Crippen LogP contribution in [0.3, 0.4) is 0 Å². The van der Waals surface area contributed by atoms with Gasteiger partial charge in [-0.1, -0.05) is 13.2 Å². The quantitative estimate of drug-likeness (QED) is 0.0319. The molecule has 14 nitrogen and oxygen atoms in total. The van der Waals surface area contributed by atoms with Gasteiger partial charge in [-0.3, -0.25) is 19.2 Å². The second-order valence-electron chi connectivity index (χ2n) is 19.5. The molecule has 4 saturated carbocycles. The van der Waals surface area contributed by atoms with Crippen LogP contribution < -0.4 is 18.9 Å². The lowest BCUT2D eigenvalue weighted by molar-refractivity contribution is -0.151. The Bertz CT molecular complexity index is 1930. The van der Waals surface area contributed by atoms with E-state index in [1.807, 2.05) is 13.8 Å². The third-order valence-corrected chi connectivity index (χ3v) is 15.2. The molecule has 384 valence electrons. The first-order chi connectivity index (χ1) is 34.0. The lowest BCUT2D eigenvalue weighted by Crippen LogP contribution is -2.31. The number of hydrogen-bond acceptors (Lipinski definition) is 14. The summed E-state index contributed by atoms with van der Waals surface area (Å²) < 4.78 is 45.7. The summed E-state index contributed by atoms with van der Waals surface area (Å²) >= 11 is 0. The minimum Gasteiger partial charge on any atom is -0.493 e. The van der Waals surface area contributed by atoms with E-state index in [4.69, 9.17) is 37.9 Å². The highest BCUT2D eigenvalue weighted by atomic mass is 16.6. The van der Waals surface area contributed by atoms with Crippen molar-refractivity contribution in [1.82, 2.24) is 0 Å². The van der Waals surface area contributed by atoms with Crippen molar-refractivity contribution in [3.63, 3.8) is 0 Å². The van der Waals surface area contributed by atoms with Gasteiger partial charge >= 0.3 is 35.8 Å². The maximum atomic E-state index is 13.9. The number of hydrogen-bond donors (Lipinski definition) is 0. The number of carbonyl (C=O) groups is 6. The molecule has 0 aromatic heterocycles. The fourth-order valence-electron chi connectivity index (χ4n) is 11.2. The normalized spacial score (nSPS) is 24.5. The summed E-state index contributed by atoms with van der Waals surface area (Å²) in [7, 11) is 0. The van der Waals surface area contributed by atoms with E-state index in [1.54, 1.807) is 24.3 Å². The molecule has 4 aliphatic rings. The van der Waals surface area contributed by atoms with Crippen molar-refractivity contribution < 1.29 is 66.7 Å². The Kier molecular flexibility index (Phi) is 21.5. The topological polar surface area (TPSA) is 176 Å². The fraction of sp³-hybridized carbons (Fsp3) is 0.643. The largest absolute Gasteiger partial charge is 0.493 e. The average Bonchev–Trinajstić information content (AvgIpc) is 3.39. The molecular formula is C56H76O14. The minimum atomic E-state index is -0.453. The highest BCUT2D eigenvalue weighted by Crippen LogP contribution is 2.47. The Morgan fingerprint density at radius 1 is 0.414 bits per heavy atom. The maximum Gasteiger partial charge on any atom is 0.330 e. The first-order valence-corrected chi connectivity index (χ1v) is 26.2. The minimum absolute atomic E-state index is 0.0904. The molecule has 6 rings (SSSR count). The van der Waals surface area contributed by atoms with Crippen LogP contribution in [0, 0.1) is 47.3 Å². The molecule has 4 fully saturated rings. The van der Waals surface area contributed by atoms with Crippen molar-refractivity contribution in [3.05, 3.63) is 49.6 Å². The summed E-state index contributed by atoms with van der Waals surface area (Å²) in [6.07, 6.45) is 18.5. The molecule has 70 heavy (non-hydrogen) atoms. The highest BCUT2D eigenvalue weighted by molar-refractivity contribution is 6.04. The summed E-state index contributed by atoms with van der Waals surface area (Å²) in [5.41, 5.74) is 0. The first-order valence-electron chi connectivity index (χ1n) is 26.2. The molecule has 0 atom stereocenters. The Hall–Kier alpha value is -5.40. The van der Waals surface area contributed by atoms with Crippen molar-refractivity contribution in [3.8, 4) is 23.0 Å². The van der Waals surface area contributed by atoms with Crippen LogP contribution in [-0.4, -0.2) is 75.5 Å². The SMILES string of the molecule is C=CC(=O)OCCCCOC(=O)C1CCC(C2CCC(C(=O)Oc3ccc(OC(=O)C4CCC(C5CCC(C(=O)OCCCCOC(=O)C=C)CC5)CC4)c4c(OCC)ccc(OCC)c34)CC2)CC1.